The molecule has 2 rings (SSSR count). The van der Waals surface area contributed by atoms with Crippen molar-refractivity contribution in [1.82, 2.24) is 5.32 Å². The summed E-state index contributed by atoms with van der Waals surface area (Å²) in [5, 5.41) is 3.56. The summed E-state index contributed by atoms with van der Waals surface area (Å²) in [5.41, 5.74) is 3.21. The molecule has 1 aliphatic rings. The van der Waals surface area contributed by atoms with Gasteiger partial charge in [-0.15, -0.1) is 0 Å². The zero-order chi connectivity index (χ0) is 13.0. The molecule has 1 N–H and O–H groups in total. The summed E-state index contributed by atoms with van der Waals surface area (Å²) < 4.78 is 0. The minimum absolute atomic E-state index is 0.236. The maximum absolute atomic E-state index is 3.56. The van der Waals surface area contributed by atoms with Crippen LogP contribution in [0.15, 0.2) is 24.3 Å². The summed E-state index contributed by atoms with van der Waals surface area (Å²) in [7, 11) is 0. The highest BCUT2D eigenvalue weighted by molar-refractivity contribution is 5.55. The molecule has 1 aromatic rings. The van der Waals surface area contributed by atoms with Gasteiger partial charge in [-0.1, -0.05) is 18.2 Å². The van der Waals surface area contributed by atoms with Crippen LogP contribution in [-0.4, -0.2) is 25.2 Å². The van der Waals surface area contributed by atoms with Crippen LogP contribution in [0.4, 0.5) is 5.69 Å². The lowest BCUT2D eigenvalue weighted by atomic mass is 10.0. The zero-order valence-corrected chi connectivity index (χ0v) is 12.0. The first kappa shape index (κ1) is 13.4. The topological polar surface area (TPSA) is 15.3 Å². The third-order valence-corrected chi connectivity index (χ3v) is 3.47. The van der Waals surface area contributed by atoms with E-state index in [1.807, 2.05) is 0 Å². The van der Waals surface area contributed by atoms with E-state index in [1.54, 1.807) is 0 Å². The van der Waals surface area contributed by atoms with Crippen LogP contribution in [0.1, 0.15) is 39.2 Å². The van der Waals surface area contributed by atoms with E-state index in [0.29, 0.717) is 0 Å². The van der Waals surface area contributed by atoms with E-state index in [9.17, 15) is 0 Å². The van der Waals surface area contributed by atoms with Gasteiger partial charge in [-0.3, -0.25) is 0 Å². The Labute approximate surface area is 111 Å². The Kier molecular flexibility index (Phi) is 4.28. The van der Waals surface area contributed by atoms with Crippen LogP contribution in [0.25, 0.3) is 0 Å². The normalized spacial score (nSPS) is 15.6. The van der Waals surface area contributed by atoms with Crippen molar-refractivity contribution < 1.29 is 0 Å². The average Bonchev–Trinajstić information content (AvgIpc) is 2.33. The quantitative estimate of drug-likeness (QED) is 0.821. The van der Waals surface area contributed by atoms with E-state index in [0.717, 1.165) is 6.54 Å². The molecule has 0 spiro atoms. The second-order valence-electron chi connectivity index (χ2n) is 6.25. The Morgan fingerprint density at radius 1 is 1.22 bits per heavy atom. The van der Waals surface area contributed by atoms with E-state index in [4.69, 9.17) is 0 Å². The first-order valence-electron chi connectivity index (χ1n) is 7.14. The predicted octanol–water partition coefficient (Wildman–Crippen LogP) is 3.22. The molecule has 1 aromatic carbocycles. The maximum Gasteiger partial charge on any atom is 0.0398 e. The van der Waals surface area contributed by atoms with Crippen molar-refractivity contribution in [3.8, 4) is 0 Å². The Hall–Kier alpha value is -1.02. The first-order chi connectivity index (χ1) is 8.56. The molecular weight excluding hydrogens is 220 g/mol. The van der Waals surface area contributed by atoms with Gasteiger partial charge in [0.1, 0.15) is 0 Å². The van der Waals surface area contributed by atoms with Crippen LogP contribution in [0, 0.1) is 0 Å². The lowest BCUT2D eigenvalue weighted by molar-refractivity contribution is 0.421. The SMILES string of the molecule is CC(C)(C)NCCCN1CCCc2ccccc21. The minimum atomic E-state index is 0.236. The largest absolute Gasteiger partial charge is 0.371 e. The fourth-order valence-corrected chi connectivity index (χ4v) is 2.58. The lowest BCUT2D eigenvalue weighted by Gasteiger charge is -2.31. The second kappa shape index (κ2) is 5.75. The maximum atomic E-state index is 3.56. The molecule has 0 radical (unpaired) electrons. The molecule has 0 amide bonds. The van der Waals surface area contributed by atoms with Gasteiger partial charge in [-0.2, -0.15) is 0 Å². The molecule has 1 aliphatic heterocycles. The van der Waals surface area contributed by atoms with Gasteiger partial charge in [0, 0.05) is 24.3 Å². The summed E-state index contributed by atoms with van der Waals surface area (Å²) >= 11 is 0. The van der Waals surface area contributed by atoms with Crippen LogP contribution in [0.5, 0.6) is 0 Å². The van der Waals surface area contributed by atoms with Gasteiger partial charge in [0.05, 0.1) is 0 Å². The Bertz CT molecular complexity index is 379. The Morgan fingerprint density at radius 2 is 2.00 bits per heavy atom. The van der Waals surface area contributed by atoms with Gasteiger partial charge in [0.25, 0.3) is 0 Å². The van der Waals surface area contributed by atoms with Crippen molar-refractivity contribution in [2.75, 3.05) is 24.5 Å². The number of rotatable bonds is 4. The summed E-state index contributed by atoms with van der Waals surface area (Å²) in [6.07, 6.45) is 3.75. The molecule has 0 saturated carbocycles. The van der Waals surface area contributed by atoms with Crippen molar-refractivity contribution in [1.29, 1.82) is 0 Å². The summed E-state index contributed by atoms with van der Waals surface area (Å²) in [5.74, 6) is 0. The number of hydrogen-bond donors (Lipinski definition) is 1. The average molecular weight is 246 g/mol. The van der Waals surface area contributed by atoms with Crippen molar-refractivity contribution in [2.24, 2.45) is 0 Å². The lowest BCUT2D eigenvalue weighted by Crippen LogP contribution is -2.38. The standard InChI is InChI=1S/C16H26N2/c1-16(2,3)17-11-7-13-18-12-6-9-14-8-4-5-10-15(14)18/h4-5,8,10,17H,6-7,9,11-13H2,1-3H3. The molecular formula is C16H26N2. The van der Waals surface area contributed by atoms with Crippen molar-refractivity contribution in [2.45, 2.75) is 45.6 Å². The monoisotopic (exact) mass is 246 g/mol. The molecule has 1 heterocycles. The highest BCUT2D eigenvalue weighted by Gasteiger charge is 2.15. The molecule has 0 saturated heterocycles. The number of anilines is 1. The van der Waals surface area contributed by atoms with Crippen molar-refractivity contribution in [3.05, 3.63) is 29.8 Å². The fourth-order valence-electron chi connectivity index (χ4n) is 2.58. The fraction of sp³-hybridized carbons (Fsp3) is 0.625. The van der Waals surface area contributed by atoms with E-state index >= 15 is 0 Å². The highest BCUT2D eigenvalue weighted by Crippen LogP contribution is 2.26. The predicted molar refractivity (Wildman–Crippen MR) is 79.3 cm³/mol. The van der Waals surface area contributed by atoms with E-state index in [2.05, 4.69) is 55.3 Å². The summed E-state index contributed by atoms with van der Waals surface area (Å²) in [6.45, 7) is 10.2. The number of nitrogens with one attached hydrogen (secondary N) is 1. The van der Waals surface area contributed by atoms with Gasteiger partial charge in [0.2, 0.25) is 0 Å². The van der Waals surface area contributed by atoms with Crippen LogP contribution < -0.4 is 10.2 Å². The number of fused-ring (bicyclic) bond motifs is 1. The number of nitrogens with zero attached hydrogens (tertiary/aromatic N) is 1. The molecule has 0 aromatic heterocycles. The number of para-hydroxylation sites is 1. The van der Waals surface area contributed by atoms with E-state index < -0.39 is 0 Å². The number of hydrogen-bond acceptors (Lipinski definition) is 2. The smallest absolute Gasteiger partial charge is 0.0398 e. The highest BCUT2D eigenvalue weighted by atomic mass is 15.1. The van der Waals surface area contributed by atoms with E-state index in [-0.39, 0.29) is 5.54 Å². The molecule has 2 heteroatoms. The molecule has 0 aliphatic carbocycles. The number of aryl methyl sites for hydroxylation is 1. The molecule has 0 fully saturated rings. The zero-order valence-electron chi connectivity index (χ0n) is 12.0. The van der Waals surface area contributed by atoms with Crippen molar-refractivity contribution >= 4 is 5.69 Å². The van der Waals surface area contributed by atoms with Crippen LogP contribution in [-0.2, 0) is 6.42 Å². The van der Waals surface area contributed by atoms with Gasteiger partial charge in [-0.25, -0.2) is 0 Å². The van der Waals surface area contributed by atoms with Gasteiger partial charge in [-0.05, 0) is 58.2 Å². The summed E-state index contributed by atoms with van der Waals surface area (Å²) in [4.78, 5) is 2.54. The second-order valence-corrected chi connectivity index (χ2v) is 6.25. The molecule has 100 valence electrons. The molecule has 0 bridgehead atoms. The van der Waals surface area contributed by atoms with Crippen LogP contribution in [0.3, 0.4) is 0 Å². The first-order valence-corrected chi connectivity index (χ1v) is 7.14. The van der Waals surface area contributed by atoms with Gasteiger partial charge in [0.15, 0.2) is 0 Å². The van der Waals surface area contributed by atoms with Crippen LogP contribution in [0.2, 0.25) is 0 Å². The summed E-state index contributed by atoms with van der Waals surface area (Å²) in [6, 6.07) is 8.86. The van der Waals surface area contributed by atoms with Gasteiger partial charge >= 0.3 is 0 Å². The van der Waals surface area contributed by atoms with E-state index in [1.165, 1.54) is 43.6 Å². The molecule has 2 nitrogen and oxygen atoms in total. The molecule has 18 heavy (non-hydrogen) atoms. The van der Waals surface area contributed by atoms with Crippen molar-refractivity contribution in [3.63, 3.8) is 0 Å². The third kappa shape index (κ3) is 3.74. The molecule has 0 unspecified atom stereocenters. The Balaban J connectivity index is 1.84. The molecule has 0 atom stereocenters. The Morgan fingerprint density at radius 3 is 2.78 bits per heavy atom. The van der Waals surface area contributed by atoms with Crippen LogP contribution >= 0.6 is 0 Å². The minimum Gasteiger partial charge on any atom is -0.371 e. The number of benzene rings is 1. The van der Waals surface area contributed by atoms with Gasteiger partial charge < -0.3 is 10.2 Å². The third-order valence-electron chi connectivity index (χ3n) is 3.47.